The van der Waals surface area contributed by atoms with Crippen LogP contribution in [0.15, 0.2) is 70.1 Å². The third-order valence-electron chi connectivity index (χ3n) is 7.05. The first-order valence-electron chi connectivity index (χ1n) is 13.9. The van der Waals surface area contributed by atoms with Gasteiger partial charge in [-0.05, 0) is 80.4 Å². The third kappa shape index (κ3) is 6.98. The maximum Gasteiger partial charge on any atom is 0.573 e. The normalized spacial score (nSPS) is 12.8. The van der Waals surface area contributed by atoms with Crippen molar-refractivity contribution in [3.8, 4) is 45.1 Å². The number of aryl methyl sites for hydroxylation is 2. The van der Waals surface area contributed by atoms with E-state index >= 15 is 4.39 Å². The highest BCUT2D eigenvalue weighted by Crippen LogP contribution is 2.40. The second-order valence-electron chi connectivity index (χ2n) is 10.8. The Labute approximate surface area is 261 Å². The third-order valence-corrected chi connectivity index (χ3v) is 8.21. The number of hydrogen-bond acceptors (Lipinski definition) is 8. The van der Waals surface area contributed by atoms with Gasteiger partial charge in [0, 0.05) is 29.1 Å². The van der Waals surface area contributed by atoms with Crippen molar-refractivity contribution in [2.75, 3.05) is 6.26 Å². The van der Waals surface area contributed by atoms with Gasteiger partial charge in [0.2, 0.25) is 0 Å². The lowest BCUT2D eigenvalue weighted by Crippen LogP contribution is -2.16. The lowest BCUT2D eigenvalue weighted by Gasteiger charge is -2.15. The van der Waals surface area contributed by atoms with Gasteiger partial charge >= 0.3 is 6.36 Å². The molecule has 5 rings (SSSR count). The Bertz CT molecular complexity index is 2020. The molecular weight excluding hydrogens is 630 g/mol. The Morgan fingerprint density at radius 3 is 2.24 bits per heavy atom. The summed E-state index contributed by atoms with van der Waals surface area (Å²) < 4.78 is 90.4. The average molecular weight is 660 g/mol. The Morgan fingerprint density at radius 1 is 1.00 bits per heavy atom. The highest BCUT2D eigenvalue weighted by Gasteiger charge is 2.31. The second-order valence-corrected chi connectivity index (χ2v) is 12.8. The summed E-state index contributed by atoms with van der Waals surface area (Å²) in [6.07, 6.45) is -3.00. The molecule has 0 aliphatic carbocycles. The zero-order valence-electron chi connectivity index (χ0n) is 25.1. The van der Waals surface area contributed by atoms with E-state index in [-0.39, 0.29) is 39.8 Å². The molecule has 0 aliphatic rings. The lowest BCUT2D eigenvalue weighted by atomic mass is 9.97. The molecule has 2 aromatic heterocycles. The molecule has 46 heavy (non-hydrogen) atoms. The summed E-state index contributed by atoms with van der Waals surface area (Å²) >= 11 is 0. The molecule has 9 nitrogen and oxygen atoms in total. The molecule has 3 aromatic carbocycles. The fourth-order valence-electron chi connectivity index (χ4n) is 5.13. The van der Waals surface area contributed by atoms with E-state index in [1.165, 1.54) is 18.2 Å². The predicted molar refractivity (Wildman–Crippen MR) is 160 cm³/mol. The molecule has 1 unspecified atom stereocenters. The molecule has 0 radical (unpaired) electrons. The summed E-state index contributed by atoms with van der Waals surface area (Å²) in [6.45, 7) is 4.32. The number of alkyl halides is 3. The van der Waals surface area contributed by atoms with Gasteiger partial charge in [0.1, 0.15) is 23.1 Å². The predicted octanol–water partition coefficient (Wildman–Crippen LogP) is 6.33. The molecule has 2 heterocycles. The van der Waals surface area contributed by atoms with Crippen molar-refractivity contribution in [3.63, 3.8) is 0 Å². The summed E-state index contributed by atoms with van der Waals surface area (Å²) in [6, 6.07) is 12.4. The van der Waals surface area contributed by atoms with E-state index in [2.05, 4.69) is 14.7 Å². The quantitative estimate of drug-likeness (QED) is 0.176. The van der Waals surface area contributed by atoms with Gasteiger partial charge in [-0.3, -0.25) is 0 Å². The van der Waals surface area contributed by atoms with Crippen LogP contribution in [-0.2, 0) is 22.9 Å². The van der Waals surface area contributed by atoms with E-state index in [1.807, 2.05) is 6.92 Å². The molecule has 14 heteroatoms. The van der Waals surface area contributed by atoms with Crippen molar-refractivity contribution in [3.05, 3.63) is 89.6 Å². The number of imidazole rings is 1. The maximum absolute atomic E-state index is 15.1. The highest BCUT2D eigenvalue weighted by atomic mass is 32.2. The van der Waals surface area contributed by atoms with Gasteiger partial charge in [0.05, 0.1) is 35.4 Å². The van der Waals surface area contributed by atoms with Crippen LogP contribution in [0.5, 0.6) is 5.75 Å². The number of nitrogens with zero attached hydrogens (tertiary/aromatic N) is 3. The van der Waals surface area contributed by atoms with Crippen LogP contribution < -0.4 is 4.74 Å². The first-order chi connectivity index (χ1) is 21.5. The van der Waals surface area contributed by atoms with Gasteiger partial charge in [-0.2, -0.15) is 0 Å². The minimum Gasteiger partial charge on any atom is -0.440 e. The number of benzene rings is 3. The highest BCUT2D eigenvalue weighted by molar-refractivity contribution is 7.90. The minimum atomic E-state index is -4.88. The Hall–Kier alpha value is -4.53. The van der Waals surface area contributed by atoms with Gasteiger partial charge in [-0.1, -0.05) is 6.07 Å². The van der Waals surface area contributed by atoms with E-state index in [1.54, 1.807) is 42.8 Å². The van der Waals surface area contributed by atoms with Crippen LogP contribution in [0.25, 0.3) is 39.4 Å². The van der Waals surface area contributed by atoms with Gasteiger partial charge in [0.15, 0.2) is 21.5 Å². The van der Waals surface area contributed by atoms with Crippen molar-refractivity contribution in [1.82, 2.24) is 14.5 Å². The molecule has 0 fully saturated rings. The monoisotopic (exact) mass is 659 g/mol. The summed E-state index contributed by atoms with van der Waals surface area (Å²) in [5.74, 6) is -0.422. The van der Waals surface area contributed by atoms with Crippen molar-refractivity contribution in [1.29, 1.82) is 0 Å². The summed E-state index contributed by atoms with van der Waals surface area (Å²) in [7, 11) is -3.92. The fourth-order valence-corrected chi connectivity index (χ4v) is 6.08. The Morgan fingerprint density at radius 2 is 1.67 bits per heavy atom. The zero-order valence-corrected chi connectivity index (χ0v) is 25.9. The van der Waals surface area contributed by atoms with Gasteiger partial charge in [-0.25, -0.2) is 22.8 Å². The number of ether oxygens (including phenoxy) is 1. The van der Waals surface area contributed by atoms with Gasteiger partial charge < -0.3 is 23.9 Å². The number of hydrogen-bond donors (Lipinski definition) is 2. The van der Waals surface area contributed by atoms with Gasteiger partial charge in [-0.15, -0.1) is 13.2 Å². The summed E-state index contributed by atoms with van der Waals surface area (Å²) in [5, 5.41) is 19.7. The Kier molecular flexibility index (Phi) is 8.81. The maximum atomic E-state index is 15.1. The first kappa shape index (κ1) is 32.9. The number of aliphatic hydroxyl groups excluding tert-OH is 2. The van der Waals surface area contributed by atoms with Crippen LogP contribution in [0.2, 0.25) is 0 Å². The minimum absolute atomic E-state index is 0.0199. The summed E-state index contributed by atoms with van der Waals surface area (Å²) in [4.78, 5) is 8.78. The molecule has 0 amide bonds. The van der Waals surface area contributed by atoms with Crippen LogP contribution in [0, 0.1) is 19.7 Å². The van der Waals surface area contributed by atoms with E-state index in [0.29, 0.717) is 33.9 Å². The van der Waals surface area contributed by atoms with Crippen LogP contribution in [0.3, 0.4) is 0 Å². The number of oxazole rings is 1. The molecule has 0 saturated heterocycles. The molecular formula is C32H29F4N3O6S. The van der Waals surface area contributed by atoms with Crippen LogP contribution in [0.4, 0.5) is 17.6 Å². The standard InChI is InChI=1S/C32H29F4N3O6S/c1-17-15-39(19(3)37-17)27-10-7-21(22-13-26(33)25(16-40)28(14-22)46(4,42)43)12-24(27)30-31(44-29(38-30)11-18(2)41)20-5-8-23(9-6-20)45-32(34,35)36/h5-10,12-15,18,40-41H,11,16H2,1-4H3. The number of rotatable bonds is 9. The van der Waals surface area contributed by atoms with E-state index < -0.39 is 40.5 Å². The number of halogens is 4. The van der Waals surface area contributed by atoms with Crippen LogP contribution in [-0.4, -0.2) is 51.9 Å². The topological polar surface area (TPSA) is 128 Å². The van der Waals surface area contributed by atoms with Crippen molar-refractivity contribution >= 4 is 9.84 Å². The Balaban J connectivity index is 1.77. The second kappa shape index (κ2) is 12.3. The fraction of sp³-hybridized carbons (Fsp3) is 0.250. The molecule has 5 aromatic rings. The number of aromatic nitrogens is 3. The smallest absolute Gasteiger partial charge is 0.440 e. The van der Waals surface area contributed by atoms with Gasteiger partial charge in [0.25, 0.3) is 0 Å². The molecule has 0 aliphatic heterocycles. The molecule has 0 saturated carbocycles. The van der Waals surface area contributed by atoms with E-state index in [9.17, 15) is 31.8 Å². The van der Waals surface area contributed by atoms with E-state index in [0.717, 1.165) is 24.5 Å². The largest absolute Gasteiger partial charge is 0.573 e. The summed E-state index contributed by atoms with van der Waals surface area (Å²) in [5.41, 5.74) is 2.53. The van der Waals surface area contributed by atoms with Crippen molar-refractivity contribution < 1.29 is 45.3 Å². The average Bonchev–Trinajstić information content (AvgIpc) is 3.52. The molecule has 2 N–H and O–H groups in total. The van der Waals surface area contributed by atoms with Crippen LogP contribution >= 0.6 is 0 Å². The van der Waals surface area contributed by atoms with E-state index in [4.69, 9.17) is 4.42 Å². The number of sulfone groups is 1. The zero-order chi connectivity index (χ0) is 33.6. The first-order valence-corrected chi connectivity index (χ1v) is 15.8. The molecule has 0 spiro atoms. The van der Waals surface area contributed by atoms with Crippen molar-refractivity contribution in [2.24, 2.45) is 0 Å². The number of aliphatic hydroxyl groups is 2. The lowest BCUT2D eigenvalue weighted by molar-refractivity contribution is -0.274. The van der Waals surface area contributed by atoms with Crippen molar-refractivity contribution in [2.45, 2.75) is 51.2 Å². The molecule has 0 bridgehead atoms. The molecule has 242 valence electrons. The van der Waals surface area contributed by atoms with Crippen LogP contribution in [0.1, 0.15) is 29.9 Å². The SMILES string of the molecule is Cc1cn(-c2ccc(-c3cc(F)c(CO)c(S(C)(=O)=O)c3)cc2-c2nc(CC(C)O)oc2-c2ccc(OC(F)(F)F)cc2)c(C)n1. The molecule has 1 atom stereocenters.